The Hall–Kier alpha value is -2.80. The molecule has 122 valence electrons. The normalized spacial score (nSPS) is 12.8. The molecule has 0 atom stereocenters. The van der Waals surface area contributed by atoms with Gasteiger partial charge in [0.15, 0.2) is 17.3 Å². The zero-order valence-corrected chi connectivity index (χ0v) is 13.5. The molecule has 7 heteroatoms. The highest BCUT2D eigenvalue weighted by atomic mass is 32.1. The summed E-state index contributed by atoms with van der Waals surface area (Å²) in [5, 5.41) is 8.75. The fourth-order valence-corrected chi connectivity index (χ4v) is 3.09. The van der Waals surface area contributed by atoms with E-state index in [-0.39, 0.29) is 12.3 Å². The number of rotatable bonds is 4. The predicted octanol–water partition coefficient (Wildman–Crippen LogP) is 3.36. The Balaban J connectivity index is 1.42. The third-order valence-corrected chi connectivity index (χ3v) is 4.38. The van der Waals surface area contributed by atoms with Crippen molar-refractivity contribution in [3.63, 3.8) is 0 Å². The number of amides is 1. The largest absolute Gasteiger partial charge is 0.486 e. The van der Waals surface area contributed by atoms with Crippen LogP contribution in [0.25, 0.3) is 10.6 Å². The number of ether oxygens (including phenoxy) is 2. The first-order valence-corrected chi connectivity index (χ1v) is 8.35. The van der Waals surface area contributed by atoms with Gasteiger partial charge >= 0.3 is 0 Å². The minimum absolute atomic E-state index is 0.142. The van der Waals surface area contributed by atoms with E-state index >= 15 is 0 Å². The van der Waals surface area contributed by atoms with Gasteiger partial charge in [0.05, 0.1) is 17.0 Å². The van der Waals surface area contributed by atoms with Crippen LogP contribution in [0.4, 0.5) is 5.69 Å². The van der Waals surface area contributed by atoms with Crippen LogP contribution in [0.2, 0.25) is 0 Å². The lowest BCUT2D eigenvalue weighted by Gasteiger charge is -2.18. The molecule has 1 N–H and O–H groups in total. The summed E-state index contributed by atoms with van der Waals surface area (Å²) in [5.74, 6) is 1.83. The summed E-state index contributed by atoms with van der Waals surface area (Å²) < 4.78 is 16.2. The molecule has 0 spiro atoms. The van der Waals surface area contributed by atoms with Crippen molar-refractivity contribution in [2.24, 2.45) is 0 Å². The maximum atomic E-state index is 12.2. The molecule has 1 aliphatic rings. The Morgan fingerprint density at radius 1 is 1.17 bits per heavy atom. The van der Waals surface area contributed by atoms with E-state index in [4.69, 9.17) is 14.0 Å². The molecule has 6 nitrogen and oxygen atoms in total. The van der Waals surface area contributed by atoms with Crippen LogP contribution in [0.3, 0.4) is 0 Å². The summed E-state index contributed by atoms with van der Waals surface area (Å²) in [6, 6.07) is 11.0. The Morgan fingerprint density at radius 3 is 2.88 bits per heavy atom. The van der Waals surface area contributed by atoms with Gasteiger partial charge < -0.3 is 19.3 Å². The van der Waals surface area contributed by atoms with Crippen LogP contribution >= 0.6 is 11.3 Å². The van der Waals surface area contributed by atoms with Crippen molar-refractivity contribution in [1.29, 1.82) is 0 Å². The number of hydrogen-bond acceptors (Lipinski definition) is 6. The van der Waals surface area contributed by atoms with E-state index in [2.05, 4.69) is 10.5 Å². The fraction of sp³-hybridized carbons (Fsp3) is 0.176. The first-order valence-electron chi connectivity index (χ1n) is 7.47. The zero-order valence-electron chi connectivity index (χ0n) is 12.7. The molecular formula is C17H14N2O4S. The highest BCUT2D eigenvalue weighted by Gasteiger charge is 2.14. The lowest BCUT2D eigenvalue weighted by molar-refractivity contribution is -0.115. The van der Waals surface area contributed by atoms with Crippen LogP contribution < -0.4 is 14.8 Å². The topological polar surface area (TPSA) is 73.6 Å². The third-order valence-electron chi connectivity index (χ3n) is 3.49. The average Bonchev–Trinajstić information content (AvgIpc) is 3.26. The molecule has 2 aromatic heterocycles. The number of nitrogens with zero attached hydrogens (tertiary/aromatic N) is 1. The van der Waals surface area contributed by atoms with Gasteiger partial charge in [0.2, 0.25) is 5.91 Å². The van der Waals surface area contributed by atoms with Crippen molar-refractivity contribution in [2.75, 3.05) is 18.5 Å². The molecule has 1 aromatic carbocycles. The van der Waals surface area contributed by atoms with E-state index in [1.54, 1.807) is 35.6 Å². The molecule has 3 heterocycles. The van der Waals surface area contributed by atoms with Crippen molar-refractivity contribution in [3.05, 3.63) is 47.5 Å². The van der Waals surface area contributed by atoms with Crippen LogP contribution in [0, 0.1) is 0 Å². The number of carbonyl (C=O) groups excluding carboxylic acids is 1. The number of anilines is 1. The van der Waals surface area contributed by atoms with Crippen molar-refractivity contribution in [2.45, 2.75) is 6.42 Å². The first-order chi connectivity index (χ1) is 11.8. The van der Waals surface area contributed by atoms with E-state index in [0.717, 1.165) is 4.88 Å². The van der Waals surface area contributed by atoms with E-state index in [9.17, 15) is 4.79 Å². The SMILES string of the molecule is O=C(Cc1cc(-c2cccs2)on1)Nc1ccc2c(c1)OCCO2. The maximum absolute atomic E-state index is 12.2. The lowest BCUT2D eigenvalue weighted by Crippen LogP contribution is -2.17. The van der Waals surface area contributed by atoms with Gasteiger partial charge in [-0.05, 0) is 23.6 Å². The molecule has 0 saturated heterocycles. The second kappa shape index (κ2) is 6.37. The second-order valence-corrected chi connectivity index (χ2v) is 6.19. The molecule has 24 heavy (non-hydrogen) atoms. The van der Waals surface area contributed by atoms with Gasteiger partial charge in [0.1, 0.15) is 13.2 Å². The van der Waals surface area contributed by atoms with Crippen LogP contribution in [0.1, 0.15) is 5.69 Å². The van der Waals surface area contributed by atoms with E-state index in [0.29, 0.717) is 41.9 Å². The molecule has 0 unspecified atom stereocenters. The van der Waals surface area contributed by atoms with Crippen molar-refractivity contribution < 1.29 is 18.8 Å². The maximum Gasteiger partial charge on any atom is 0.230 e. The standard InChI is InChI=1S/C17H14N2O4S/c20-17(10-12-9-15(23-19-12)16-2-1-7-24-16)18-11-3-4-13-14(8-11)22-6-5-21-13/h1-4,7-9H,5-6,10H2,(H,18,20). The van der Waals surface area contributed by atoms with E-state index in [1.165, 1.54) is 0 Å². The van der Waals surface area contributed by atoms with E-state index in [1.807, 2.05) is 17.5 Å². The molecule has 0 bridgehead atoms. The Morgan fingerprint density at radius 2 is 2.04 bits per heavy atom. The van der Waals surface area contributed by atoms with Crippen molar-refractivity contribution >= 4 is 22.9 Å². The molecule has 0 saturated carbocycles. The summed E-state index contributed by atoms with van der Waals surface area (Å²) in [7, 11) is 0. The van der Waals surface area contributed by atoms with Gasteiger partial charge in [-0.2, -0.15) is 0 Å². The first kappa shape index (κ1) is 14.8. The second-order valence-electron chi connectivity index (χ2n) is 5.24. The summed E-state index contributed by atoms with van der Waals surface area (Å²) in [4.78, 5) is 13.2. The van der Waals surface area contributed by atoms with Crippen molar-refractivity contribution in [1.82, 2.24) is 5.16 Å². The smallest absolute Gasteiger partial charge is 0.230 e. The Kier molecular flexibility index (Phi) is 3.92. The molecule has 3 aromatic rings. The molecule has 4 rings (SSSR count). The minimum atomic E-state index is -0.169. The van der Waals surface area contributed by atoms with Gasteiger partial charge in [-0.3, -0.25) is 4.79 Å². The van der Waals surface area contributed by atoms with E-state index < -0.39 is 0 Å². The third kappa shape index (κ3) is 3.11. The Bertz CT molecular complexity index is 857. The van der Waals surface area contributed by atoms with Crippen LogP contribution in [-0.2, 0) is 11.2 Å². The molecular weight excluding hydrogens is 328 g/mol. The van der Waals surface area contributed by atoms with Gasteiger partial charge in [0.25, 0.3) is 0 Å². The van der Waals surface area contributed by atoms with Gasteiger partial charge in [-0.25, -0.2) is 0 Å². The average molecular weight is 342 g/mol. The summed E-state index contributed by atoms with van der Waals surface area (Å²) in [6.45, 7) is 1.05. The van der Waals surface area contributed by atoms with Gasteiger partial charge in [-0.1, -0.05) is 11.2 Å². The number of thiophene rings is 1. The van der Waals surface area contributed by atoms with Crippen LogP contribution in [0.15, 0.2) is 46.3 Å². The van der Waals surface area contributed by atoms with Crippen LogP contribution in [0.5, 0.6) is 11.5 Å². The number of carbonyl (C=O) groups is 1. The fourth-order valence-electron chi connectivity index (χ4n) is 2.42. The Labute approximate surface area is 142 Å². The van der Waals surface area contributed by atoms with Crippen molar-refractivity contribution in [3.8, 4) is 22.1 Å². The van der Waals surface area contributed by atoms with Gasteiger partial charge in [-0.15, -0.1) is 11.3 Å². The number of fused-ring (bicyclic) bond motifs is 1. The summed E-state index contributed by atoms with van der Waals surface area (Å²) >= 11 is 1.56. The monoisotopic (exact) mass is 342 g/mol. The quantitative estimate of drug-likeness (QED) is 0.787. The summed E-state index contributed by atoms with van der Waals surface area (Å²) in [5.41, 5.74) is 1.25. The number of hydrogen-bond donors (Lipinski definition) is 1. The molecule has 0 fully saturated rings. The van der Waals surface area contributed by atoms with Gasteiger partial charge in [0, 0.05) is 17.8 Å². The predicted molar refractivity (Wildman–Crippen MR) is 89.6 cm³/mol. The number of benzene rings is 1. The molecule has 0 aliphatic carbocycles. The number of nitrogens with one attached hydrogen (secondary N) is 1. The van der Waals surface area contributed by atoms with Crippen LogP contribution in [-0.4, -0.2) is 24.3 Å². The summed E-state index contributed by atoms with van der Waals surface area (Å²) in [6.07, 6.45) is 0.142. The molecule has 1 aliphatic heterocycles. The molecule has 1 amide bonds. The number of aromatic nitrogens is 1. The minimum Gasteiger partial charge on any atom is -0.486 e. The molecule has 0 radical (unpaired) electrons. The zero-order chi connectivity index (χ0) is 16.4. The highest BCUT2D eigenvalue weighted by Crippen LogP contribution is 2.32. The highest BCUT2D eigenvalue weighted by molar-refractivity contribution is 7.13. The lowest BCUT2D eigenvalue weighted by atomic mass is 10.2.